The lowest BCUT2D eigenvalue weighted by Crippen LogP contribution is -2.44. The van der Waals surface area contributed by atoms with E-state index < -0.39 is 11.5 Å². The van der Waals surface area contributed by atoms with Crippen LogP contribution in [0.4, 0.5) is 0 Å². The second-order valence-corrected chi connectivity index (χ2v) is 2.18. The quantitative estimate of drug-likeness (QED) is 0.538. The van der Waals surface area contributed by atoms with Gasteiger partial charge in [-0.2, -0.15) is 0 Å². The maximum atomic E-state index is 10.2. The third-order valence-corrected chi connectivity index (χ3v) is 1.16. The van der Waals surface area contributed by atoms with E-state index in [1.807, 2.05) is 0 Å². The van der Waals surface area contributed by atoms with Gasteiger partial charge in [-0.15, -0.1) is 0 Å². The zero-order chi connectivity index (χ0) is 6.78. The zero-order valence-corrected chi connectivity index (χ0v) is 5.36. The Balaban J connectivity index is 3.91. The van der Waals surface area contributed by atoms with Crippen LogP contribution in [0.3, 0.4) is 0 Å². The van der Waals surface area contributed by atoms with E-state index in [2.05, 4.69) is 5.32 Å². The molecule has 0 saturated heterocycles. The van der Waals surface area contributed by atoms with E-state index in [0.717, 1.165) is 0 Å². The first-order chi connectivity index (χ1) is 3.50. The molecule has 0 radical (unpaired) electrons. The van der Waals surface area contributed by atoms with Gasteiger partial charge in [-0.05, 0) is 20.9 Å². The Labute approximate surface area is 48.7 Å². The summed E-state index contributed by atoms with van der Waals surface area (Å²) in [4.78, 5) is 10.2. The van der Waals surface area contributed by atoms with Crippen molar-refractivity contribution in [3.05, 3.63) is 0 Å². The third-order valence-electron chi connectivity index (χ3n) is 1.16. The summed E-state index contributed by atoms with van der Waals surface area (Å²) in [6.45, 7) is 3.21. The van der Waals surface area contributed by atoms with Crippen molar-refractivity contribution < 1.29 is 9.90 Å². The standard InChI is InChI=1S/C5H11NO2/c1-5(2,6-3)4(7)8/h6H,1-3H3,(H,7,8). The van der Waals surface area contributed by atoms with Crippen molar-refractivity contribution >= 4 is 5.97 Å². The first-order valence-corrected chi connectivity index (χ1v) is 2.43. The highest BCUT2D eigenvalue weighted by Gasteiger charge is 2.23. The minimum Gasteiger partial charge on any atom is -0.480 e. The van der Waals surface area contributed by atoms with Crippen LogP contribution in [0, 0.1) is 0 Å². The SMILES string of the molecule is CNC(C)(C)C(=O)O. The van der Waals surface area contributed by atoms with E-state index in [0.29, 0.717) is 0 Å². The molecule has 8 heavy (non-hydrogen) atoms. The predicted molar refractivity (Wildman–Crippen MR) is 30.8 cm³/mol. The number of likely N-dealkylation sites (N-methyl/N-ethyl adjacent to an activating group) is 1. The number of nitrogens with one attached hydrogen (secondary N) is 1. The normalized spacial score (nSPS) is 11.4. The van der Waals surface area contributed by atoms with Crippen LogP contribution < -0.4 is 5.32 Å². The van der Waals surface area contributed by atoms with Gasteiger partial charge in [0.15, 0.2) is 0 Å². The molecular formula is C5H11NO2. The number of carboxylic acid groups (broad SMARTS) is 1. The summed E-state index contributed by atoms with van der Waals surface area (Å²) in [5.74, 6) is -0.833. The Bertz CT molecular complexity index is 98.6. The molecule has 0 aliphatic carbocycles. The molecule has 0 aliphatic rings. The van der Waals surface area contributed by atoms with Gasteiger partial charge >= 0.3 is 5.97 Å². The summed E-state index contributed by atoms with van der Waals surface area (Å²) in [5.41, 5.74) is -0.792. The minimum atomic E-state index is -0.833. The zero-order valence-electron chi connectivity index (χ0n) is 5.36. The highest BCUT2D eigenvalue weighted by atomic mass is 16.4. The molecule has 0 saturated carbocycles. The lowest BCUT2D eigenvalue weighted by atomic mass is 10.1. The molecule has 0 aromatic rings. The summed E-state index contributed by atoms with van der Waals surface area (Å²) in [6, 6.07) is 0. The van der Waals surface area contributed by atoms with Crippen molar-refractivity contribution in [2.24, 2.45) is 0 Å². The first kappa shape index (κ1) is 7.43. The summed E-state index contributed by atoms with van der Waals surface area (Å²) in [6.07, 6.45) is 0. The van der Waals surface area contributed by atoms with Crippen molar-refractivity contribution in [2.75, 3.05) is 7.05 Å². The van der Waals surface area contributed by atoms with Crippen molar-refractivity contribution in [3.8, 4) is 0 Å². The van der Waals surface area contributed by atoms with Gasteiger partial charge in [0.2, 0.25) is 0 Å². The van der Waals surface area contributed by atoms with Gasteiger partial charge in [-0.1, -0.05) is 0 Å². The van der Waals surface area contributed by atoms with Gasteiger partial charge in [0, 0.05) is 0 Å². The maximum Gasteiger partial charge on any atom is 0.323 e. The number of rotatable bonds is 2. The van der Waals surface area contributed by atoms with Crippen molar-refractivity contribution in [1.29, 1.82) is 0 Å². The lowest BCUT2D eigenvalue weighted by molar-refractivity contribution is -0.143. The summed E-state index contributed by atoms with van der Waals surface area (Å²) in [7, 11) is 1.62. The van der Waals surface area contributed by atoms with Crippen LogP contribution in [0.5, 0.6) is 0 Å². The largest absolute Gasteiger partial charge is 0.480 e. The molecule has 0 aromatic carbocycles. The molecule has 48 valence electrons. The Morgan fingerprint density at radius 3 is 2.00 bits per heavy atom. The number of hydrogen-bond donors (Lipinski definition) is 2. The number of carboxylic acids is 1. The van der Waals surface area contributed by atoms with Crippen LogP contribution in [-0.2, 0) is 4.79 Å². The van der Waals surface area contributed by atoms with Crippen LogP contribution in [0.2, 0.25) is 0 Å². The molecule has 0 rings (SSSR count). The fourth-order valence-corrected chi connectivity index (χ4v) is 0.107. The highest BCUT2D eigenvalue weighted by molar-refractivity contribution is 5.77. The molecule has 0 heterocycles. The van der Waals surface area contributed by atoms with E-state index in [9.17, 15) is 4.79 Å². The van der Waals surface area contributed by atoms with Gasteiger partial charge in [0.25, 0.3) is 0 Å². The maximum absolute atomic E-state index is 10.2. The van der Waals surface area contributed by atoms with Crippen LogP contribution in [0.15, 0.2) is 0 Å². The fourth-order valence-electron chi connectivity index (χ4n) is 0.107. The highest BCUT2D eigenvalue weighted by Crippen LogP contribution is 1.98. The first-order valence-electron chi connectivity index (χ1n) is 2.43. The molecule has 0 fully saturated rings. The Hall–Kier alpha value is -0.570. The Kier molecular flexibility index (Phi) is 1.98. The molecular weight excluding hydrogens is 106 g/mol. The minimum absolute atomic E-state index is 0.792. The van der Waals surface area contributed by atoms with Gasteiger partial charge in [-0.25, -0.2) is 0 Å². The monoisotopic (exact) mass is 117 g/mol. The van der Waals surface area contributed by atoms with Crippen LogP contribution >= 0.6 is 0 Å². The average Bonchev–Trinajstić information content (AvgIpc) is 1.67. The smallest absolute Gasteiger partial charge is 0.323 e. The van der Waals surface area contributed by atoms with Crippen LogP contribution in [0.1, 0.15) is 13.8 Å². The van der Waals surface area contributed by atoms with E-state index >= 15 is 0 Å². The lowest BCUT2D eigenvalue weighted by Gasteiger charge is -2.16. The van der Waals surface area contributed by atoms with Gasteiger partial charge in [0.05, 0.1) is 0 Å². The van der Waals surface area contributed by atoms with Crippen LogP contribution in [-0.4, -0.2) is 23.7 Å². The third kappa shape index (κ3) is 1.50. The molecule has 0 amide bonds. The Morgan fingerprint density at radius 2 is 2.00 bits per heavy atom. The molecule has 0 unspecified atom stereocenters. The van der Waals surface area contributed by atoms with E-state index in [1.165, 1.54) is 0 Å². The molecule has 0 atom stereocenters. The van der Waals surface area contributed by atoms with E-state index in [-0.39, 0.29) is 0 Å². The molecule has 0 aromatic heterocycles. The number of hydrogen-bond acceptors (Lipinski definition) is 2. The van der Waals surface area contributed by atoms with Gasteiger partial charge in [-0.3, -0.25) is 4.79 Å². The molecule has 2 N–H and O–H groups in total. The molecule has 0 aliphatic heterocycles. The van der Waals surface area contributed by atoms with Crippen LogP contribution in [0.25, 0.3) is 0 Å². The average molecular weight is 117 g/mol. The second-order valence-electron chi connectivity index (χ2n) is 2.18. The fraction of sp³-hybridized carbons (Fsp3) is 0.800. The molecule has 3 heteroatoms. The topological polar surface area (TPSA) is 49.3 Å². The molecule has 0 bridgehead atoms. The Morgan fingerprint density at radius 1 is 1.62 bits per heavy atom. The molecule has 0 spiro atoms. The number of carbonyl (C=O) groups is 1. The molecule has 3 nitrogen and oxygen atoms in total. The predicted octanol–water partition coefficient (Wildman–Crippen LogP) is 0.0690. The van der Waals surface area contributed by atoms with Crippen molar-refractivity contribution in [1.82, 2.24) is 5.32 Å². The summed E-state index contributed by atoms with van der Waals surface area (Å²) < 4.78 is 0. The summed E-state index contributed by atoms with van der Waals surface area (Å²) in [5, 5.41) is 11.0. The van der Waals surface area contributed by atoms with Gasteiger partial charge < -0.3 is 10.4 Å². The van der Waals surface area contributed by atoms with Crippen molar-refractivity contribution in [3.63, 3.8) is 0 Å². The summed E-state index contributed by atoms with van der Waals surface area (Å²) >= 11 is 0. The number of aliphatic carboxylic acids is 1. The second kappa shape index (κ2) is 2.13. The van der Waals surface area contributed by atoms with Crippen molar-refractivity contribution in [2.45, 2.75) is 19.4 Å². The van der Waals surface area contributed by atoms with E-state index in [4.69, 9.17) is 5.11 Å². The van der Waals surface area contributed by atoms with E-state index in [1.54, 1.807) is 20.9 Å². The van der Waals surface area contributed by atoms with Gasteiger partial charge in [0.1, 0.15) is 5.54 Å².